The number of benzene rings is 2. The van der Waals surface area contributed by atoms with Gasteiger partial charge in [-0.2, -0.15) is 0 Å². The Morgan fingerprint density at radius 2 is 2.00 bits per heavy atom. The Bertz CT molecular complexity index is 734. The fraction of sp³-hybridized carbons (Fsp3) is 0.0667. The number of aryl methyl sites for hydroxylation is 1. The molecule has 0 saturated carbocycles. The summed E-state index contributed by atoms with van der Waals surface area (Å²) in [5.74, 6) is -1.04. The molecule has 0 bridgehead atoms. The smallest absolute Gasteiger partial charge is 0.256 e. The molecule has 0 saturated heterocycles. The van der Waals surface area contributed by atoms with Crippen molar-refractivity contribution in [1.82, 2.24) is 0 Å². The van der Waals surface area contributed by atoms with Gasteiger partial charge in [0.2, 0.25) is 0 Å². The number of thiocarbonyl (C=S) groups is 1. The van der Waals surface area contributed by atoms with E-state index in [1.807, 2.05) is 0 Å². The molecule has 0 aliphatic heterocycles. The molecule has 0 aromatic heterocycles. The van der Waals surface area contributed by atoms with Crippen LogP contribution in [-0.4, -0.2) is 10.9 Å². The van der Waals surface area contributed by atoms with Crippen LogP contribution in [-0.2, 0) is 0 Å². The van der Waals surface area contributed by atoms with Gasteiger partial charge in [-0.05, 0) is 42.8 Å². The minimum Gasteiger partial charge on any atom is -0.389 e. The molecule has 6 heteroatoms. The molecular weight excluding hydrogens is 311 g/mol. The van der Waals surface area contributed by atoms with E-state index in [0.717, 1.165) is 5.56 Å². The van der Waals surface area contributed by atoms with Gasteiger partial charge in [0.25, 0.3) is 5.91 Å². The highest BCUT2D eigenvalue weighted by atomic mass is 35.5. The maximum atomic E-state index is 13.9. The lowest BCUT2D eigenvalue weighted by atomic mass is 10.1. The monoisotopic (exact) mass is 322 g/mol. The number of carbonyl (C=O) groups is 1. The van der Waals surface area contributed by atoms with Crippen LogP contribution in [0.3, 0.4) is 0 Å². The summed E-state index contributed by atoms with van der Waals surface area (Å²) in [4.78, 5) is 12.3. The number of hydrogen-bond donors (Lipinski definition) is 2. The largest absolute Gasteiger partial charge is 0.389 e. The van der Waals surface area contributed by atoms with Crippen molar-refractivity contribution in [3.05, 3.63) is 63.9 Å². The Hall–Kier alpha value is -1.98. The first-order valence-electron chi connectivity index (χ1n) is 6.05. The molecule has 108 valence electrons. The molecule has 2 aromatic rings. The van der Waals surface area contributed by atoms with Crippen LogP contribution in [0, 0.1) is 12.7 Å². The highest BCUT2D eigenvalue weighted by Gasteiger charge is 2.13. The normalized spacial score (nSPS) is 10.2. The quantitative estimate of drug-likeness (QED) is 0.848. The molecule has 2 aromatic carbocycles. The summed E-state index contributed by atoms with van der Waals surface area (Å²) in [5.41, 5.74) is 7.02. The van der Waals surface area contributed by atoms with E-state index in [1.54, 1.807) is 25.1 Å². The van der Waals surface area contributed by atoms with Crippen LogP contribution in [0.15, 0.2) is 36.4 Å². The lowest BCUT2D eigenvalue weighted by Crippen LogP contribution is -2.15. The summed E-state index contributed by atoms with van der Waals surface area (Å²) >= 11 is 10.6. The van der Waals surface area contributed by atoms with Crippen LogP contribution in [0.2, 0.25) is 5.02 Å². The zero-order valence-electron chi connectivity index (χ0n) is 11.1. The van der Waals surface area contributed by atoms with E-state index in [4.69, 9.17) is 29.6 Å². The van der Waals surface area contributed by atoms with E-state index >= 15 is 0 Å². The summed E-state index contributed by atoms with van der Waals surface area (Å²) in [5, 5.41) is 2.94. The van der Waals surface area contributed by atoms with Crippen LogP contribution in [0.25, 0.3) is 0 Å². The van der Waals surface area contributed by atoms with Gasteiger partial charge in [-0.3, -0.25) is 4.79 Å². The zero-order chi connectivity index (χ0) is 15.6. The second-order valence-corrected chi connectivity index (χ2v) is 5.35. The number of carbonyl (C=O) groups excluding carboxylic acids is 1. The molecule has 0 aliphatic carbocycles. The van der Waals surface area contributed by atoms with Crippen LogP contribution >= 0.6 is 23.8 Å². The molecule has 3 nitrogen and oxygen atoms in total. The van der Waals surface area contributed by atoms with E-state index in [-0.39, 0.29) is 10.7 Å². The van der Waals surface area contributed by atoms with Gasteiger partial charge in [-0.15, -0.1) is 0 Å². The topological polar surface area (TPSA) is 55.1 Å². The summed E-state index contributed by atoms with van der Waals surface area (Å²) in [6.45, 7) is 1.78. The fourth-order valence-corrected chi connectivity index (χ4v) is 2.10. The second-order valence-electron chi connectivity index (χ2n) is 4.47. The Morgan fingerprint density at radius 3 is 2.62 bits per heavy atom. The van der Waals surface area contributed by atoms with Gasteiger partial charge in [-0.1, -0.05) is 29.9 Å². The minimum absolute atomic E-state index is 0.0550. The Kier molecular flexibility index (Phi) is 4.55. The van der Waals surface area contributed by atoms with E-state index in [0.29, 0.717) is 16.1 Å². The SMILES string of the molecule is Cc1ccc(Cl)cc1C(=O)Nc1ccc(C(N)=S)cc1F. The first kappa shape index (κ1) is 15.4. The highest BCUT2D eigenvalue weighted by Crippen LogP contribution is 2.20. The van der Waals surface area contributed by atoms with Crippen molar-refractivity contribution >= 4 is 40.4 Å². The lowest BCUT2D eigenvalue weighted by molar-refractivity contribution is 0.102. The molecule has 0 unspecified atom stereocenters. The van der Waals surface area contributed by atoms with Crippen molar-refractivity contribution in [3.63, 3.8) is 0 Å². The zero-order valence-corrected chi connectivity index (χ0v) is 12.7. The molecule has 0 fully saturated rings. The number of hydrogen-bond acceptors (Lipinski definition) is 2. The van der Waals surface area contributed by atoms with Crippen LogP contribution in [0.5, 0.6) is 0 Å². The van der Waals surface area contributed by atoms with Crippen molar-refractivity contribution in [3.8, 4) is 0 Å². The third-order valence-corrected chi connectivity index (χ3v) is 3.42. The van der Waals surface area contributed by atoms with E-state index in [9.17, 15) is 9.18 Å². The Morgan fingerprint density at radius 1 is 1.29 bits per heavy atom. The van der Waals surface area contributed by atoms with Crippen molar-refractivity contribution in [2.75, 3.05) is 5.32 Å². The van der Waals surface area contributed by atoms with Gasteiger partial charge >= 0.3 is 0 Å². The molecule has 0 aliphatic rings. The van der Waals surface area contributed by atoms with Gasteiger partial charge in [0.15, 0.2) is 0 Å². The summed E-state index contributed by atoms with van der Waals surface area (Å²) in [6, 6.07) is 9.10. The molecule has 0 heterocycles. The molecule has 0 spiro atoms. The number of amides is 1. The van der Waals surface area contributed by atoms with Crippen molar-refractivity contribution < 1.29 is 9.18 Å². The fourth-order valence-electron chi connectivity index (χ4n) is 1.80. The van der Waals surface area contributed by atoms with Crippen molar-refractivity contribution in [1.29, 1.82) is 0 Å². The minimum atomic E-state index is -0.603. The predicted octanol–water partition coefficient (Wildman–Crippen LogP) is 3.67. The first-order chi connectivity index (χ1) is 9.88. The van der Waals surface area contributed by atoms with Crippen molar-refractivity contribution in [2.45, 2.75) is 6.92 Å². The number of nitrogens with one attached hydrogen (secondary N) is 1. The van der Waals surface area contributed by atoms with Crippen molar-refractivity contribution in [2.24, 2.45) is 5.73 Å². The van der Waals surface area contributed by atoms with Gasteiger partial charge in [0, 0.05) is 16.1 Å². The maximum absolute atomic E-state index is 13.9. The average Bonchev–Trinajstić information content (AvgIpc) is 2.43. The molecule has 0 radical (unpaired) electrons. The molecule has 2 rings (SSSR count). The van der Waals surface area contributed by atoms with E-state index in [1.165, 1.54) is 18.2 Å². The molecular formula is C15H12ClFN2OS. The second kappa shape index (κ2) is 6.20. The molecule has 3 N–H and O–H groups in total. The number of rotatable bonds is 3. The molecule has 1 amide bonds. The third kappa shape index (κ3) is 3.56. The maximum Gasteiger partial charge on any atom is 0.256 e. The number of nitrogens with two attached hydrogens (primary N) is 1. The first-order valence-corrected chi connectivity index (χ1v) is 6.84. The summed E-state index contributed by atoms with van der Waals surface area (Å²) in [7, 11) is 0. The van der Waals surface area contributed by atoms with Gasteiger partial charge in [0.05, 0.1) is 5.69 Å². The molecule has 0 atom stereocenters. The average molecular weight is 323 g/mol. The third-order valence-electron chi connectivity index (χ3n) is 2.95. The Balaban J connectivity index is 2.27. The van der Waals surface area contributed by atoms with Crippen LogP contribution in [0.1, 0.15) is 21.5 Å². The standard InChI is InChI=1S/C15H12ClFN2OS/c1-8-2-4-10(16)7-11(8)15(20)19-13-5-3-9(14(18)21)6-12(13)17/h2-7H,1H3,(H2,18,21)(H,19,20). The van der Waals surface area contributed by atoms with E-state index in [2.05, 4.69) is 5.32 Å². The van der Waals surface area contributed by atoms with Gasteiger partial charge in [0.1, 0.15) is 10.8 Å². The number of anilines is 1. The Labute approximate surface area is 131 Å². The molecule has 21 heavy (non-hydrogen) atoms. The van der Waals surface area contributed by atoms with Crippen LogP contribution in [0.4, 0.5) is 10.1 Å². The van der Waals surface area contributed by atoms with Crippen LogP contribution < -0.4 is 11.1 Å². The highest BCUT2D eigenvalue weighted by molar-refractivity contribution is 7.80. The summed E-state index contributed by atoms with van der Waals surface area (Å²) < 4.78 is 13.9. The van der Waals surface area contributed by atoms with E-state index < -0.39 is 11.7 Å². The predicted molar refractivity (Wildman–Crippen MR) is 86.4 cm³/mol. The van der Waals surface area contributed by atoms with Gasteiger partial charge in [-0.25, -0.2) is 4.39 Å². The summed E-state index contributed by atoms with van der Waals surface area (Å²) in [6.07, 6.45) is 0. The number of halogens is 2. The lowest BCUT2D eigenvalue weighted by Gasteiger charge is -2.10. The van der Waals surface area contributed by atoms with Gasteiger partial charge < -0.3 is 11.1 Å².